The van der Waals surface area contributed by atoms with Crippen LogP contribution in [-0.2, 0) is 6.54 Å². The summed E-state index contributed by atoms with van der Waals surface area (Å²) < 4.78 is 6.87. The van der Waals surface area contributed by atoms with Crippen molar-refractivity contribution in [3.8, 4) is 0 Å². The zero-order valence-corrected chi connectivity index (χ0v) is 13.8. The van der Waals surface area contributed by atoms with Crippen LogP contribution in [0.25, 0.3) is 0 Å². The summed E-state index contributed by atoms with van der Waals surface area (Å²) in [6, 6.07) is 11.4. The number of hydrogen-bond acceptors (Lipinski definition) is 6. The van der Waals surface area contributed by atoms with Gasteiger partial charge < -0.3 is 14.6 Å². The van der Waals surface area contributed by atoms with E-state index in [2.05, 4.69) is 25.7 Å². The number of aromatic nitrogens is 4. The van der Waals surface area contributed by atoms with Crippen LogP contribution >= 0.6 is 0 Å². The normalized spacial score (nSPS) is 13.6. The standard InChI is InChI=1S/C17H18N6O2/c1-22(14-8-9-14)17-19-20-21-23(17)11-12-4-6-13(7-5-12)18-16(24)15-3-2-10-25-15/h2-7,10,14H,8-9,11H2,1H3,(H,18,24). The monoisotopic (exact) mass is 338 g/mol. The number of rotatable bonds is 6. The largest absolute Gasteiger partial charge is 0.459 e. The molecular formula is C17H18N6O2. The molecule has 1 aliphatic carbocycles. The molecule has 1 N–H and O–H groups in total. The van der Waals surface area contributed by atoms with Gasteiger partial charge in [-0.05, 0) is 53.1 Å². The van der Waals surface area contributed by atoms with Crippen molar-refractivity contribution >= 4 is 17.5 Å². The Balaban J connectivity index is 1.42. The van der Waals surface area contributed by atoms with Crippen molar-refractivity contribution in [2.45, 2.75) is 25.4 Å². The van der Waals surface area contributed by atoms with E-state index in [4.69, 9.17) is 4.42 Å². The van der Waals surface area contributed by atoms with Gasteiger partial charge >= 0.3 is 0 Å². The van der Waals surface area contributed by atoms with E-state index < -0.39 is 0 Å². The van der Waals surface area contributed by atoms with Crippen molar-refractivity contribution in [3.05, 3.63) is 54.0 Å². The average molecular weight is 338 g/mol. The number of nitrogens with zero attached hydrogens (tertiary/aromatic N) is 5. The highest BCUT2D eigenvalue weighted by Gasteiger charge is 2.29. The summed E-state index contributed by atoms with van der Waals surface area (Å²) in [4.78, 5) is 14.1. The molecule has 8 nitrogen and oxygen atoms in total. The molecule has 0 radical (unpaired) electrons. The molecule has 0 aliphatic heterocycles. The molecule has 2 heterocycles. The first kappa shape index (κ1) is 15.4. The van der Waals surface area contributed by atoms with Crippen LogP contribution < -0.4 is 10.2 Å². The molecule has 0 unspecified atom stereocenters. The number of furan rings is 1. The molecule has 1 saturated carbocycles. The Bertz CT molecular complexity index is 852. The van der Waals surface area contributed by atoms with Crippen molar-refractivity contribution in [1.82, 2.24) is 20.2 Å². The lowest BCUT2D eigenvalue weighted by atomic mass is 10.2. The predicted molar refractivity (Wildman–Crippen MR) is 91.4 cm³/mol. The van der Waals surface area contributed by atoms with Crippen LogP contribution in [-0.4, -0.2) is 39.2 Å². The fourth-order valence-electron chi connectivity index (χ4n) is 2.65. The number of nitrogens with one attached hydrogen (secondary N) is 1. The average Bonchev–Trinajstić information content (AvgIpc) is 3.13. The van der Waals surface area contributed by atoms with Gasteiger partial charge in [-0.2, -0.15) is 0 Å². The van der Waals surface area contributed by atoms with Crippen molar-refractivity contribution in [1.29, 1.82) is 0 Å². The van der Waals surface area contributed by atoms with Crippen LogP contribution in [0, 0.1) is 0 Å². The lowest BCUT2D eigenvalue weighted by molar-refractivity contribution is 0.0996. The van der Waals surface area contributed by atoms with Gasteiger partial charge in [0.25, 0.3) is 5.91 Å². The topological polar surface area (TPSA) is 89.1 Å². The van der Waals surface area contributed by atoms with Gasteiger partial charge in [0.1, 0.15) is 0 Å². The van der Waals surface area contributed by atoms with Crippen LogP contribution in [0.3, 0.4) is 0 Å². The molecule has 0 spiro atoms. The number of anilines is 2. The Labute approximate surface area is 144 Å². The molecule has 25 heavy (non-hydrogen) atoms. The Morgan fingerprint density at radius 2 is 2.12 bits per heavy atom. The number of carbonyl (C=O) groups is 1. The molecule has 2 aromatic heterocycles. The first-order chi connectivity index (χ1) is 12.2. The third-order valence-electron chi connectivity index (χ3n) is 4.21. The van der Waals surface area contributed by atoms with Gasteiger partial charge in [-0.25, -0.2) is 4.68 Å². The van der Waals surface area contributed by atoms with Crippen LogP contribution in [0.2, 0.25) is 0 Å². The second-order valence-electron chi connectivity index (χ2n) is 6.11. The van der Waals surface area contributed by atoms with Gasteiger partial charge in [0.2, 0.25) is 5.95 Å². The van der Waals surface area contributed by atoms with Gasteiger partial charge in [0.05, 0.1) is 12.8 Å². The number of tetrazole rings is 1. The summed E-state index contributed by atoms with van der Waals surface area (Å²) in [7, 11) is 2.02. The van der Waals surface area contributed by atoms with Crippen molar-refractivity contribution in [2.75, 3.05) is 17.3 Å². The molecule has 128 valence electrons. The van der Waals surface area contributed by atoms with E-state index in [1.807, 2.05) is 31.3 Å². The van der Waals surface area contributed by atoms with Crippen molar-refractivity contribution < 1.29 is 9.21 Å². The summed E-state index contributed by atoms with van der Waals surface area (Å²) in [6.45, 7) is 0.575. The maximum Gasteiger partial charge on any atom is 0.291 e. The smallest absolute Gasteiger partial charge is 0.291 e. The van der Waals surface area contributed by atoms with Gasteiger partial charge in [-0.3, -0.25) is 4.79 Å². The maximum absolute atomic E-state index is 12.0. The second-order valence-corrected chi connectivity index (χ2v) is 6.11. The Kier molecular flexibility index (Phi) is 3.93. The Morgan fingerprint density at radius 1 is 1.32 bits per heavy atom. The van der Waals surface area contributed by atoms with Crippen LogP contribution in [0.4, 0.5) is 11.6 Å². The quantitative estimate of drug-likeness (QED) is 0.741. The van der Waals surface area contributed by atoms with E-state index in [-0.39, 0.29) is 11.7 Å². The minimum atomic E-state index is -0.272. The Morgan fingerprint density at radius 3 is 2.80 bits per heavy atom. The Hall–Kier alpha value is -3.16. The first-order valence-electron chi connectivity index (χ1n) is 8.13. The fraction of sp³-hybridized carbons (Fsp3) is 0.294. The van der Waals surface area contributed by atoms with E-state index in [0.29, 0.717) is 18.3 Å². The predicted octanol–water partition coefficient (Wildman–Crippen LogP) is 2.17. The van der Waals surface area contributed by atoms with E-state index in [1.165, 1.54) is 19.1 Å². The van der Waals surface area contributed by atoms with E-state index in [9.17, 15) is 4.79 Å². The summed E-state index contributed by atoms with van der Waals surface area (Å²) >= 11 is 0. The second kappa shape index (κ2) is 6.39. The fourth-order valence-corrected chi connectivity index (χ4v) is 2.65. The molecule has 1 amide bonds. The molecule has 0 saturated heterocycles. The SMILES string of the molecule is CN(c1nnnn1Cc1ccc(NC(=O)c2ccco2)cc1)C1CC1. The number of amides is 1. The molecule has 0 bridgehead atoms. The lowest BCUT2D eigenvalue weighted by Gasteiger charge is -2.16. The van der Waals surface area contributed by atoms with Gasteiger partial charge in [-0.1, -0.05) is 17.2 Å². The van der Waals surface area contributed by atoms with E-state index >= 15 is 0 Å². The minimum Gasteiger partial charge on any atom is -0.459 e. The first-order valence-corrected chi connectivity index (χ1v) is 8.13. The molecule has 4 rings (SSSR count). The highest BCUT2D eigenvalue weighted by Crippen LogP contribution is 2.28. The third kappa shape index (κ3) is 3.37. The van der Waals surface area contributed by atoms with Gasteiger partial charge in [-0.15, -0.1) is 0 Å². The number of benzene rings is 1. The number of hydrogen-bond donors (Lipinski definition) is 1. The molecule has 0 atom stereocenters. The zero-order chi connectivity index (χ0) is 17.2. The maximum atomic E-state index is 12.0. The minimum absolute atomic E-state index is 0.272. The van der Waals surface area contributed by atoms with Crippen molar-refractivity contribution in [2.24, 2.45) is 0 Å². The molecule has 1 fully saturated rings. The lowest BCUT2D eigenvalue weighted by Crippen LogP contribution is -2.24. The number of carbonyl (C=O) groups excluding carboxylic acids is 1. The highest BCUT2D eigenvalue weighted by molar-refractivity contribution is 6.02. The summed E-state index contributed by atoms with van der Waals surface area (Å²) in [5, 5.41) is 14.8. The van der Waals surface area contributed by atoms with Gasteiger partial charge in [0.15, 0.2) is 5.76 Å². The zero-order valence-electron chi connectivity index (χ0n) is 13.8. The van der Waals surface area contributed by atoms with Crippen LogP contribution in [0.1, 0.15) is 29.0 Å². The summed E-state index contributed by atoms with van der Waals surface area (Å²) in [5.74, 6) is 0.787. The van der Waals surface area contributed by atoms with E-state index in [1.54, 1.807) is 16.8 Å². The molecule has 8 heteroatoms. The molecular weight excluding hydrogens is 320 g/mol. The van der Waals surface area contributed by atoms with E-state index in [0.717, 1.165) is 11.5 Å². The highest BCUT2D eigenvalue weighted by atomic mass is 16.3. The third-order valence-corrected chi connectivity index (χ3v) is 4.21. The van der Waals surface area contributed by atoms with Crippen LogP contribution in [0.15, 0.2) is 47.1 Å². The summed E-state index contributed by atoms with van der Waals surface area (Å²) in [5.41, 5.74) is 1.76. The van der Waals surface area contributed by atoms with Crippen LogP contribution in [0.5, 0.6) is 0 Å². The van der Waals surface area contributed by atoms with Crippen molar-refractivity contribution in [3.63, 3.8) is 0 Å². The summed E-state index contributed by atoms with van der Waals surface area (Å²) in [6.07, 6.45) is 3.85. The molecule has 3 aromatic rings. The molecule has 1 aromatic carbocycles. The van der Waals surface area contributed by atoms with Gasteiger partial charge in [0, 0.05) is 18.8 Å². The molecule has 1 aliphatic rings.